The van der Waals surface area contributed by atoms with Gasteiger partial charge in [-0.3, -0.25) is 4.79 Å². The second-order valence-corrected chi connectivity index (χ2v) is 8.94. The van der Waals surface area contributed by atoms with Crippen LogP contribution < -0.4 is 5.32 Å². The number of likely N-dealkylation sites (tertiary alicyclic amines) is 1. The van der Waals surface area contributed by atoms with E-state index in [0.717, 1.165) is 11.1 Å². The second kappa shape index (κ2) is 9.23. The summed E-state index contributed by atoms with van der Waals surface area (Å²) in [6, 6.07) is 16.3. The lowest BCUT2D eigenvalue weighted by molar-refractivity contribution is -0.182. The van der Waals surface area contributed by atoms with Crippen molar-refractivity contribution in [2.24, 2.45) is 5.92 Å². The zero-order chi connectivity index (χ0) is 23.6. The zero-order valence-electron chi connectivity index (χ0n) is 18.5. The van der Waals surface area contributed by atoms with Gasteiger partial charge in [0.15, 0.2) is 5.60 Å². The van der Waals surface area contributed by atoms with Crippen LogP contribution in [0.15, 0.2) is 48.5 Å². The Morgan fingerprint density at radius 3 is 2.24 bits per heavy atom. The van der Waals surface area contributed by atoms with Gasteiger partial charge in [0.05, 0.1) is 13.1 Å². The summed E-state index contributed by atoms with van der Waals surface area (Å²) < 4.78 is 5.52. The minimum atomic E-state index is -1.83. The number of hydrogen-bond donors (Lipinski definition) is 3. The van der Waals surface area contributed by atoms with Crippen LogP contribution in [0.3, 0.4) is 0 Å². The van der Waals surface area contributed by atoms with Crippen molar-refractivity contribution in [3.63, 3.8) is 0 Å². The summed E-state index contributed by atoms with van der Waals surface area (Å²) in [4.78, 5) is 36.7. The third-order valence-corrected chi connectivity index (χ3v) is 6.45. The fraction of sp³-hybridized carbons (Fsp3) is 0.400. The van der Waals surface area contributed by atoms with E-state index >= 15 is 0 Å². The molecule has 0 radical (unpaired) electrons. The Bertz CT molecular complexity index is 1020. The number of rotatable bonds is 8. The molecule has 0 saturated carbocycles. The van der Waals surface area contributed by atoms with Crippen LogP contribution in [0, 0.1) is 5.92 Å². The standard InChI is InChI=1S/C25H28N2O6/c1-16(10-11-22(28)27-14-25(32,15-27)23(29)30)12-26-24(31)33-13-21-19-8-4-2-6-17(19)18-7-3-5-9-20(18)21/h2-9,16,21,32H,10-15H2,1H3,(H,26,31)(H,29,30). The van der Waals surface area contributed by atoms with Crippen molar-refractivity contribution >= 4 is 18.0 Å². The number of nitrogens with zero attached hydrogens (tertiary/aromatic N) is 1. The summed E-state index contributed by atoms with van der Waals surface area (Å²) in [6.45, 7) is 2.15. The number of aliphatic hydroxyl groups is 1. The van der Waals surface area contributed by atoms with Gasteiger partial charge in [0.25, 0.3) is 0 Å². The van der Waals surface area contributed by atoms with Crippen LogP contribution in [0.5, 0.6) is 0 Å². The number of aliphatic carboxylic acids is 1. The van der Waals surface area contributed by atoms with E-state index in [-0.39, 0.29) is 43.9 Å². The maximum absolute atomic E-state index is 12.3. The fourth-order valence-electron chi connectivity index (χ4n) is 4.43. The quantitative estimate of drug-likeness (QED) is 0.567. The van der Waals surface area contributed by atoms with E-state index in [1.807, 2.05) is 31.2 Å². The maximum atomic E-state index is 12.3. The van der Waals surface area contributed by atoms with Crippen molar-refractivity contribution in [3.05, 3.63) is 59.7 Å². The SMILES string of the molecule is CC(CCC(=O)N1CC(O)(C(=O)O)C1)CNC(=O)OCC1c2ccccc2-c2ccccc21. The highest BCUT2D eigenvalue weighted by Crippen LogP contribution is 2.44. The van der Waals surface area contributed by atoms with E-state index in [0.29, 0.717) is 13.0 Å². The third kappa shape index (κ3) is 4.71. The number of β-amino-alcohol motifs (C(OH)–C–C–N with tert-alkyl or cyclic N) is 1. The van der Waals surface area contributed by atoms with E-state index in [2.05, 4.69) is 29.6 Å². The summed E-state index contributed by atoms with van der Waals surface area (Å²) in [5.74, 6) is -1.48. The Hall–Kier alpha value is -3.39. The molecule has 1 aliphatic carbocycles. The summed E-state index contributed by atoms with van der Waals surface area (Å²) in [5, 5.41) is 21.4. The van der Waals surface area contributed by atoms with Crippen molar-refractivity contribution in [2.75, 3.05) is 26.2 Å². The molecule has 33 heavy (non-hydrogen) atoms. The monoisotopic (exact) mass is 452 g/mol. The first-order chi connectivity index (χ1) is 15.8. The van der Waals surface area contributed by atoms with E-state index < -0.39 is 17.7 Å². The van der Waals surface area contributed by atoms with Crippen LogP contribution in [0.2, 0.25) is 0 Å². The van der Waals surface area contributed by atoms with Crippen molar-refractivity contribution < 1.29 is 29.3 Å². The van der Waals surface area contributed by atoms with Crippen molar-refractivity contribution in [1.82, 2.24) is 10.2 Å². The second-order valence-electron chi connectivity index (χ2n) is 8.94. The molecule has 2 aromatic rings. The average Bonchev–Trinajstić information content (AvgIpc) is 3.11. The highest BCUT2D eigenvalue weighted by Gasteiger charge is 2.49. The van der Waals surface area contributed by atoms with Crippen LogP contribution >= 0.6 is 0 Å². The zero-order valence-corrected chi connectivity index (χ0v) is 18.5. The largest absolute Gasteiger partial charge is 0.479 e. The molecule has 1 unspecified atom stereocenters. The molecule has 174 valence electrons. The molecule has 0 spiro atoms. The van der Waals surface area contributed by atoms with Gasteiger partial charge in [-0.1, -0.05) is 55.5 Å². The fourth-order valence-corrected chi connectivity index (χ4v) is 4.43. The van der Waals surface area contributed by atoms with Crippen LogP contribution in [0.1, 0.15) is 36.8 Å². The van der Waals surface area contributed by atoms with Crippen molar-refractivity contribution in [3.8, 4) is 11.1 Å². The number of fused-ring (bicyclic) bond motifs is 3. The molecule has 1 fully saturated rings. The lowest BCUT2D eigenvalue weighted by atomic mass is 9.93. The molecule has 4 rings (SSSR count). The molecule has 8 heteroatoms. The molecule has 2 aliphatic rings. The number of carboxylic acids is 1. The smallest absolute Gasteiger partial charge is 0.407 e. The van der Waals surface area contributed by atoms with E-state index in [9.17, 15) is 19.5 Å². The van der Waals surface area contributed by atoms with Gasteiger partial charge in [0.2, 0.25) is 5.91 Å². The number of ether oxygens (including phenoxy) is 1. The van der Waals surface area contributed by atoms with Gasteiger partial charge in [-0.05, 0) is 34.6 Å². The average molecular weight is 453 g/mol. The summed E-state index contributed by atoms with van der Waals surface area (Å²) in [5.41, 5.74) is 2.82. The number of hydrogen-bond acceptors (Lipinski definition) is 5. The Labute approximate surface area is 192 Å². The minimum absolute atomic E-state index is 0.000770. The van der Waals surface area contributed by atoms with E-state index in [1.165, 1.54) is 16.0 Å². The number of carbonyl (C=O) groups excluding carboxylic acids is 2. The molecule has 3 N–H and O–H groups in total. The van der Waals surface area contributed by atoms with E-state index in [4.69, 9.17) is 9.84 Å². The summed E-state index contributed by atoms with van der Waals surface area (Å²) in [7, 11) is 0. The molecular weight excluding hydrogens is 424 g/mol. The normalized spacial score (nSPS) is 16.8. The van der Waals surface area contributed by atoms with E-state index in [1.54, 1.807) is 0 Å². The first-order valence-electron chi connectivity index (χ1n) is 11.1. The minimum Gasteiger partial charge on any atom is -0.479 e. The molecule has 1 atom stereocenters. The molecule has 1 heterocycles. The Balaban J connectivity index is 1.20. The van der Waals surface area contributed by atoms with Gasteiger partial charge < -0.3 is 25.2 Å². The number of alkyl carbamates (subject to hydrolysis) is 1. The Morgan fingerprint density at radius 1 is 1.09 bits per heavy atom. The highest BCUT2D eigenvalue weighted by atomic mass is 16.5. The van der Waals surface area contributed by atoms with Crippen LogP contribution in [0.4, 0.5) is 4.79 Å². The molecule has 2 aromatic carbocycles. The number of nitrogens with one attached hydrogen (secondary N) is 1. The van der Waals surface area contributed by atoms with Gasteiger partial charge >= 0.3 is 12.1 Å². The molecule has 8 nitrogen and oxygen atoms in total. The lowest BCUT2D eigenvalue weighted by Crippen LogP contribution is -2.67. The molecule has 1 aliphatic heterocycles. The highest BCUT2D eigenvalue weighted by molar-refractivity contribution is 5.85. The molecule has 0 aromatic heterocycles. The predicted molar refractivity (Wildman–Crippen MR) is 121 cm³/mol. The van der Waals surface area contributed by atoms with Gasteiger partial charge in [0.1, 0.15) is 6.61 Å². The Kier molecular flexibility index (Phi) is 6.37. The summed E-state index contributed by atoms with van der Waals surface area (Å²) in [6.07, 6.45) is 0.262. The van der Waals surface area contributed by atoms with Gasteiger partial charge in [-0.25, -0.2) is 9.59 Å². The molecule has 1 saturated heterocycles. The predicted octanol–water partition coefficient (Wildman–Crippen LogP) is 2.60. The van der Waals surface area contributed by atoms with Crippen molar-refractivity contribution in [1.29, 1.82) is 0 Å². The topological polar surface area (TPSA) is 116 Å². The molecular formula is C25H28N2O6. The molecule has 2 amide bonds. The van der Waals surface area contributed by atoms with Crippen LogP contribution in [0.25, 0.3) is 11.1 Å². The first-order valence-corrected chi connectivity index (χ1v) is 11.1. The lowest BCUT2D eigenvalue weighted by Gasteiger charge is -2.43. The maximum Gasteiger partial charge on any atom is 0.407 e. The number of carboxylic acid groups (broad SMARTS) is 1. The van der Waals surface area contributed by atoms with Gasteiger partial charge in [-0.15, -0.1) is 0 Å². The van der Waals surface area contributed by atoms with Crippen LogP contribution in [-0.2, 0) is 14.3 Å². The van der Waals surface area contributed by atoms with Gasteiger partial charge in [0, 0.05) is 18.9 Å². The number of amides is 2. The van der Waals surface area contributed by atoms with Crippen molar-refractivity contribution in [2.45, 2.75) is 31.3 Å². The Morgan fingerprint density at radius 2 is 1.67 bits per heavy atom. The summed E-state index contributed by atoms with van der Waals surface area (Å²) >= 11 is 0. The number of benzene rings is 2. The van der Waals surface area contributed by atoms with Gasteiger partial charge in [-0.2, -0.15) is 0 Å². The first kappa shape index (κ1) is 22.8. The number of carbonyl (C=O) groups is 3. The van der Waals surface area contributed by atoms with Crippen LogP contribution in [-0.4, -0.2) is 64.9 Å². The third-order valence-electron chi connectivity index (χ3n) is 6.45. The molecule has 0 bridgehead atoms.